The Balaban J connectivity index is 0.000000302. The van der Waals surface area contributed by atoms with E-state index in [9.17, 15) is 14.4 Å². The molecule has 1 aromatic carbocycles. The van der Waals surface area contributed by atoms with Crippen LogP contribution in [0, 0.1) is 6.92 Å². The van der Waals surface area contributed by atoms with Crippen LogP contribution in [0.4, 0.5) is 0 Å². The maximum absolute atomic E-state index is 10.3. The number of halogens is 1. The Bertz CT molecular complexity index is 1460. The van der Waals surface area contributed by atoms with Crippen molar-refractivity contribution in [2.75, 3.05) is 6.54 Å². The zero-order chi connectivity index (χ0) is 30.0. The summed E-state index contributed by atoms with van der Waals surface area (Å²) in [5, 5.41) is 35.6. The minimum atomic E-state index is -2.74. The van der Waals surface area contributed by atoms with E-state index in [0.717, 1.165) is 60.7 Å². The predicted octanol–water partition coefficient (Wildman–Crippen LogP) is 3.83. The molecular weight excluding hydrogens is 556 g/mol. The number of rotatable bonds is 13. The number of pyridine rings is 1. The first-order chi connectivity index (χ1) is 19.4. The number of hydrogen-bond donors (Lipinski definition) is 4. The Morgan fingerprint density at radius 1 is 1.02 bits per heavy atom. The maximum Gasteiger partial charge on any atom is 0.336 e. The summed E-state index contributed by atoms with van der Waals surface area (Å²) in [5.41, 5.74) is -0.877. The van der Waals surface area contributed by atoms with Crippen molar-refractivity contribution in [3.63, 3.8) is 0 Å². The molecule has 218 valence electrons. The highest BCUT2D eigenvalue weighted by Crippen LogP contribution is 2.22. The number of aromatic nitrogens is 3. The van der Waals surface area contributed by atoms with Gasteiger partial charge in [-0.15, -0.1) is 0 Å². The summed E-state index contributed by atoms with van der Waals surface area (Å²) in [6, 6.07) is 14.1. The van der Waals surface area contributed by atoms with Gasteiger partial charge in [0.2, 0.25) is 0 Å². The lowest BCUT2D eigenvalue weighted by Gasteiger charge is -2.21. The van der Waals surface area contributed by atoms with E-state index in [1.807, 2.05) is 56.0 Å². The predicted molar refractivity (Wildman–Crippen MR) is 148 cm³/mol. The van der Waals surface area contributed by atoms with Gasteiger partial charge in [-0.25, -0.2) is 14.8 Å². The van der Waals surface area contributed by atoms with Crippen LogP contribution in [0.15, 0.2) is 65.6 Å². The second-order valence-corrected chi connectivity index (χ2v) is 9.88. The van der Waals surface area contributed by atoms with Gasteiger partial charge < -0.3 is 29.4 Å². The largest absolute Gasteiger partial charge is 0.481 e. The number of hydrogen-bond acceptors (Lipinski definition) is 8. The first-order valence-electron chi connectivity index (χ1n) is 12.6. The van der Waals surface area contributed by atoms with E-state index in [2.05, 4.69) is 26.6 Å². The molecule has 12 nitrogen and oxygen atoms in total. The fourth-order valence-corrected chi connectivity index (χ4v) is 4.31. The minimum Gasteiger partial charge on any atom is -0.481 e. The molecular formula is C28H31ClN4O8. The number of fused-ring (bicyclic) bond motifs is 1. The number of carboxylic acid groups (broad SMARTS) is 3. The van der Waals surface area contributed by atoms with Crippen molar-refractivity contribution >= 4 is 40.4 Å². The standard InChI is InChI=1S/C22H23ClN4O.C6H8O7/c1-17-6-9-20(28-17)15-27(12-3-11-26-13-10-24-16-26)14-19-8-7-18-4-2-5-21(23)22(18)25-19;7-3(8)1-6(13,5(11)12)2-4(9)10/h2,4-10,13,16H,3,11-12,14-15H2,1H3;13H,1-2H2,(H,7,8)(H,9,10)(H,11,12). The molecule has 0 aliphatic heterocycles. The summed E-state index contributed by atoms with van der Waals surface area (Å²) in [5.74, 6) is -3.11. The lowest BCUT2D eigenvalue weighted by molar-refractivity contribution is -0.170. The van der Waals surface area contributed by atoms with Crippen molar-refractivity contribution in [3.05, 3.63) is 83.4 Å². The average Bonchev–Trinajstić information content (AvgIpc) is 3.55. The van der Waals surface area contributed by atoms with Crippen LogP contribution in [0.1, 0.15) is 36.5 Å². The number of imidazole rings is 1. The van der Waals surface area contributed by atoms with Crippen LogP contribution < -0.4 is 0 Å². The van der Waals surface area contributed by atoms with Crippen LogP contribution in [-0.2, 0) is 34.0 Å². The Morgan fingerprint density at radius 2 is 1.76 bits per heavy atom. The Morgan fingerprint density at radius 3 is 2.34 bits per heavy atom. The van der Waals surface area contributed by atoms with Crippen LogP contribution >= 0.6 is 11.6 Å². The summed E-state index contributed by atoms with van der Waals surface area (Å²) in [7, 11) is 0. The number of benzene rings is 1. The highest BCUT2D eigenvalue weighted by Gasteiger charge is 2.40. The van der Waals surface area contributed by atoms with E-state index >= 15 is 0 Å². The molecule has 0 spiro atoms. The summed E-state index contributed by atoms with van der Waals surface area (Å²) >= 11 is 6.34. The number of aliphatic hydroxyl groups is 1. The molecule has 13 heteroatoms. The van der Waals surface area contributed by atoms with Gasteiger partial charge in [0.25, 0.3) is 0 Å². The average molecular weight is 587 g/mol. The fourth-order valence-electron chi connectivity index (χ4n) is 4.08. The highest BCUT2D eigenvalue weighted by atomic mass is 35.5. The first kappa shape index (κ1) is 31.3. The van der Waals surface area contributed by atoms with Crippen LogP contribution in [0.3, 0.4) is 0 Å². The molecule has 41 heavy (non-hydrogen) atoms. The SMILES string of the molecule is Cc1ccc(CN(CCCn2ccnc2)Cc2ccc3cccc(Cl)c3n2)o1.O=C(O)CC(O)(CC(=O)O)C(=O)O. The quantitative estimate of drug-likeness (QED) is 0.179. The van der Waals surface area contributed by atoms with Crippen molar-refractivity contribution in [2.24, 2.45) is 0 Å². The van der Waals surface area contributed by atoms with E-state index in [-0.39, 0.29) is 0 Å². The van der Waals surface area contributed by atoms with E-state index in [1.54, 1.807) is 0 Å². The van der Waals surface area contributed by atoms with Crippen LogP contribution in [-0.4, -0.2) is 69.9 Å². The monoisotopic (exact) mass is 586 g/mol. The Labute approximate surface area is 240 Å². The van der Waals surface area contributed by atoms with Crippen molar-refractivity contribution in [1.82, 2.24) is 19.4 Å². The molecule has 3 aromatic heterocycles. The first-order valence-corrected chi connectivity index (χ1v) is 13.0. The number of nitrogens with zero attached hydrogens (tertiary/aromatic N) is 4. The number of para-hydroxylation sites is 1. The van der Waals surface area contributed by atoms with Gasteiger partial charge in [-0.3, -0.25) is 14.5 Å². The number of furan rings is 1. The normalized spacial score (nSPS) is 11.3. The lowest BCUT2D eigenvalue weighted by Crippen LogP contribution is -2.42. The molecule has 3 heterocycles. The third kappa shape index (κ3) is 9.71. The summed E-state index contributed by atoms with van der Waals surface area (Å²) in [4.78, 5) is 41.8. The van der Waals surface area contributed by atoms with Gasteiger partial charge in [0.15, 0.2) is 5.60 Å². The maximum atomic E-state index is 10.3. The van der Waals surface area contributed by atoms with Crippen molar-refractivity contribution in [1.29, 1.82) is 0 Å². The lowest BCUT2D eigenvalue weighted by atomic mass is 9.96. The zero-order valence-corrected chi connectivity index (χ0v) is 23.1. The van der Waals surface area contributed by atoms with Gasteiger partial charge in [0.1, 0.15) is 11.5 Å². The molecule has 0 aliphatic carbocycles. The van der Waals surface area contributed by atoms with Crippen molar-refractivity contribution in [2.45, 2.75) is 51.4 Å². The molecule has 0 amide bonds. The molecule has 0 radical (unpaired) electrons. The van der Waals surface area contributed by atoms with Gasteiger partial charge in [0, 0.05) is 37.4 Å². The number of carbonyl (C=O) groups is 3. The molecule has 0 fully saturated rings. The van der Waals surface area contributed by atoms with Gasteiger partial charge in [-0.05, 0) is 37.6 Å². The number of aryl methyl sites for hydroxylation is 2. The topological polar surface area (TPSA) is 179 Å². The van der Waals surface area contributed by atoms with Crippen molar-refractivity contribution < 1.29 is 39.2 Å². The molecule has 0 aliphatic rings. The Hall–Kier alpha value is -4.26. The molecule has 0 atom stereocenters. The molecule has 4 aromatic rings. The smallest absolute Gasteiger partial charge is 0.336 e. The van der Waals surface area contributed by atoms with Gasteiger partial charge >= 0.3 is 17.9 Å². The third-order valence-electron chi connectivity index (χ3n) is 6.03. The summed E-state index contributed by atoms with van der Waals surface area (Å²) in [6.45, 7) is 5.33. The molecule has 4 rings (SSSR count). The van der Waals surface area contributed by atoms with Gasteiger partial charge in [0.05, 0.1) is 41.9 Å². The molecule has 0 saturated carbocycles. The van der Waals surface area contributed by atoms with Crippen LogP contribution in [0.5, 0.6) is 0 Å². The van der Waals surface area contributed by atoms with Crippen LogP contribution in [0.2, 0.25) is 5.02 Å². The molecule has 0 saturated heterocycles. The van der Waals surface area contributed by atoms with E-state index in [4.69, 9.17) is 41.4 Å². The minimum absolute atomic E-state index is 0.688. The van der Waals surface area contributed by atoms with Crippen molar-refractivity contribution in [3.8, 4) is 0 Å². The second-order valence-electron chi connectivity index (χ2n) is 9.47. The fraction of sp³-hybridized carbons (Fsp3) is 0.321. The number of carboxylic acids is 3. The van der Waals surface area contributed by atoms with E-state index in [0.29, 0.717) is 5.02 Å². The Kier molecular flexibility index (Phi) is 11.0. The summed E-state index contributed by atoms with van der Waals surface area (Å²) < 4.78 is 7.90. The second kappa shape index (κ2) is 14.4. The van der Waals surface area contributed by atoms with E-state index < -0.39 is 36.4 Å². The number of aliphatic carboxylic acids is 3. The molecule has 0 bridgehead atoms. The molecule has 4 N–H and O–H groups in total. The van der Waals surface area contributed by atoms with Crippen LogP contribution in [0.25, 0.3) is 10.9 Å². The third-order valence-corrected chi connectivity index (χ3v) is 6.33. The van der Waals surface area contributed by atoms with Gasteiger partial charge in [-0.1, -0.05) is 29.8 Å². The summed E-state index contributed by atoms with van der Waals surface area (Å²) in [6.07, 6.45) is 4.39. The van der Waals surface area contributed by atoms with E-state index in [1.165, 1.54) is 0 Å². The zero-order valence-electron chi connectivity index (χ0n) is 22.3. The highest BCUT2D eigenvalue weighted by molar-refractivity contribution is 6.35. The van der Waals surface area contributed by atoms with Gasteiger partial charge in [-0.2, -0.15) is 0 Å². The molecule has 0 unspecified atom stereocenters.